The summed E-state index contributed by atoms with van der Waals surface area (Å²) < 4.78 is 0.639. The summed E-state index contributed by atoms with van der Waals surface area (Å²) in [5.74, 6) is 2.15. The first-order chi connectivity index (χ1) is 15.9. The minimum Gasteiger partial charge on any atom is -1.00 e. The van der Waals surface area contributed by atoms with Crippen LogP contribution in [-0.2, 0) is 25.9 Å². The average Bonchev–Trinajstić information content (AvgIpc) is 3.06. The molecule has 0 bridgehead atoms. The zero-order chi connectivity index (χ0) is 23.2. The Hall–Kier alpha value is -1.28. The van der Waals surface area contributed by atoms with Crippen molar-refractivity contribution in [3.05, 3.63) is 130 Å². The standard InChI is InChI=1S/C32H33.3ClH.Ti/c1-22-10-7-14-27(18-22)32(28-15-8-11-23(2)19-28,29-16-9-12-24(3)20-29)31-25(4)21-26-13-5-6-17-30(26)31;;;;/h5-21,25-26,30-31H,1-4H3;3*1H;/q;;;;+3/p-3. The van der Waals surface area contributed by atoms with Crippen molar-refractivity contribution in [3.8, 4) is 0 Å². The molecule has 1 saturated carbocycles. The minimum absolute atomic E-state index is 0. The third-order valence-corrected chi connectivity index (χ3v) is 9.53. The Morgan fingerprint density at radius 3 is 1.39 bits per heavy atom. The Balaban J connectivity index is 0.00000152. The Kier molecular flexibility index (Phi) is 10.8. The van der Waals surface area contributed by atoms with Gasteiger partial charge in [0, 0.05) is 0 Å². The summed E-state index contributed by atoms with van der Waals surface area (Å²) in [5.41, 5.74) is 8.03. The molecule has 1 fully saturated rings. The molecule has 4 heteroatoms. The molecule has 0 aliphatic heterocycles. The van der Waals surface area contributed by atoms with Gasteiger partial charge in [-0.3, -0.25) is 0 Å². The van der Waals surface area contributed by atoms with Gasteiger partial charge >= 0.3 is 212 Å². The molecule has 5 atom stereocenters. The number of hydrogen-bond donors (Lipinski definition) is 0. The quantitative estimate of drug-likeness (QED) is 0.276. The Bertz CT molecular complexity index is 1120. The SMILES string of the molecule is Cc1cccc(C(c2cccc(C)c2)(c2cccc(C)c2)C2C(C)[CH]([Ti+3])C3C=CC=CC32)c1.[Cl-].[Cl-].[Cl-]. The summed E-state index contributed by atoms with van der Waals surface area (Å²) in [6.07, 6.45) is 9.53. The predicted molar refractivity (Wildman–Crippen MR) is 135 cm³/mol. The molecular formula is C32H33Cl3Ti. The van der Waals surface area contributed by atoms with E-state index in [1.807, 2.05) is 0 Å². The van der Waals surface area contributed by atoms with Crippen molar-refractivity contribution in [2.75, 3.05) is 0 Å². The maximum Gasteiger partial charge on any atom is -1.00 e. The van der Waals surface area contributed by atoms with Crippen LogP contribution in [0, 0.1) is 44.4 Å². The van der Waals surface area contributed by atoms with Crippen LogP contribution in [0.15, 0.2) is 97.1 Å². The molecule has 0 nitrogen and oxygen atoms in total. The number of halogens is 3. The van der Waals surface area contributed by atoms with Gasteiger partial charge in [0.05, 0.1) is 0 Å². The topological polar surface area (TPSA) is 0 Å². The molecule has 0 spiro atoms. The molecule has 0 saturated heterocycles. The predicted octanol–water partition coefficient (Wildman–Crippen LogP) is -1.08. The van der Waals surface area contributed by atoms with Crippen molar-refractivity contribution in [2.45, 2.75) is 37.3 Å². The van der Waals surface area contributed by atoms with Crippen LogP contribution in [0.25, 0.3) is 0 Å². The fourth-order valence-electron chi connectivity index (χ4n) is 6.72. The molecule has 0 N–H and O–H groups in total. The normalized spacial score (nSPS) is 24.2. The number of allylic oxidation sites excluding steroid dienone is 4. The van der Waals surface area contributed by atoms with Crippen molar-refractivity contribution < 1.29 is 57.7 Å². The summed E-state index contributed by atoms with van der Waals surface area (Å²) in [7, 11) is 0. The summed E-state index contributed by atoms with van der Waals surface area (Å²) in [5, 5.41) is 0. The third-order valence-electron chi connectivity index (χ3n) is 8.10. The second-order valence-electron chi connectivity index (χ2n) is 10.3. The van der Waals surface area contributed by atoms with Crippen LogP contribution in [0.3, 0.4) is 0 Å². The number of hydrogen-bond acceptors (Lipinski definition) is 0. The maximum atomic E-state index is 2.51. The van der Waals surface area contributed by atoms with Gasteiger partial charge in [-0.05, 0) is 0 Å². The van der Waals surface area contributed by atoms with E-state index >= 15 is 0 Å². The molecule has 3 aromatic carbocycles. The van der Waals surface area contributed by atoms with Crippen LogP contribution in [0.2, 0.25) is 4.22 Å². The second kappa shape index (κ2) is 12.5. The van der Waals surface area contributed by atoms with Crippen molar-refractivity contribution in [3.63, 3.8) is 0 Å². The molecule has 2 aliphatic rings. The fourth-order valence-corrected chi connectivity index (χ4v) is 7.56. The van der Waals surface area contributed by atoms with E-state index in [1.54, 1.807) is 0 Å². The number of rotatable bonds is 4. The van der Waals surface area contributed by atoms with Crippen molar-refractivity contribution in [1.82, 2.24) is 0 Å². The number of aryl methyl sites for hydroxylation is 3. The van der Waals surface area contributed by atoms with Gasteiger partial charge in [-0.2, -0.15) is 0 Å². The van der Waals surface area contributed by atoms with Gasteiger partial charge in [-0.25, -0.2) is 0 Å². The molecule has 5 unspecified atom stereocenters. The van der Waals surface area contributed by atoms with Gasteiger partial charge in [0.15, 0.2) is 0 Å². The molecule has 0 amide bonds. The van der Waals surface area contributed by atoms with Gasteiger partial charge < -0.3 is 37.2 Å². The largest absolute Gasteiger partial charge is 1.00 e. The molecule has 5 rings (SSSR count). The Labute approximate surface area is 247 Å². The van der Waals surface area contributed by atoms with Crippen LogP contribution in [-0.4, -0.2) is 0 Å². The van der Waals surface area contributed by atoms with Gasteiger partial charge in [0.25, 0.3) is 0 Å². The first kappa shape index (κ1) is 30.9. The van der Waals surface area contributed by atoms with Crippen molar-refractivity contribution >= 4 is 0 Å². The second-order valence-corrected chi connectivity index (χ2v) is 11.3. The van der Waals surface area contributed by atoms with Crippen LogP contribution in [0.1, 0.15) is 40.3 Å². The van der Waals surface area contributed by atoms with Crippen LogP contribution in [0.4, 0.5) is 0 Å². The average molecular weight is 572 g/mol. The maximum absolute atomic E-state index is 2.51. The van der Waals surface area contributed by atoms with Crippen LogP contribution in [0.5, 0.6) is 0 Å². The fraction of sp³-hybridized carbons (Fsp3) is 0.312. The molecule has 3 aromatic rings. The summed E-state index contributed by atoms with van der Waals surface area (Å²) >= 11 is 2.47. The summed E-state index contributed by atoms with van der Waals surface area (Å²) in [6.45, 7) is 9.19. The van der Waals surface area contributed by atoms with E-state index in [9.17, 15) is 0 Å². The Morgan fingerprint density at radius 2 is 1.00 bits per heavy atom. The molecule has 186 valence electrons. The van der Waals surface area contributed by atoms with Gasteiger partial charge in [-0.1, -0.05) is 0 Å². The molecule has 0 radical (unpaired) electrons. The molecule has 0 aromatic heterocycles. The zero-order valence-corrected chi connectivity index (χ0v) is 25.1. The first-order valence-electron chi connectivity index (χ1n) is 12.2. The van der Waals surface area contributed by atoms with Gasteiger partial charge in [0.1, 0.15) is 0 Å². The Morgan fingerprint density at radius 1 is 0.611 bits per heavy atom. The monoisotopic (exact) mass is 570 g/mol. The zero-order valence-electron chi connectivity index (χ0n) is 21.3. The number of fused-ring (bicyclic) bond motifs is 1. The first-order valence-corrected chi connectivity index (χ1v) is 13.1. The van der Waals surface area contributed by atoms with E-state index in [-0.39, 0.29) is 42.6 Å². The van der Waals surface area contributed by atoms with Crippen molar-refractivity contribution in [1.29, 1.82) is 0 Å². The van der Waals surface area contributed by atoms with Crippen molar-refractivity contribution in [2.24, 2.45) is 23.7 Å². The van der Waals surface area contributed by atoms with Gasteiger partial charge in [-0.15, -0.1) is 0 Å². The number of benzene rings is 3. The van der Waals surface area contributed by atoms with E-state index in [4.69, 9.17) is 0 Å². The minimum atomic E-state index is -0.216. The third kappa shape index (κ3) is 5.18. The summed E-state index contributed by atoms with van der Waals surface area (Å²) in [4.78, 5) is 0. The van der Waals surface area contributed by atoms with E-state index in [2.05, 4.69) is 145 Å². The van der Waals surface area contributed by atoms with E-state index in [1.165, 1.54) is 33.4 Å². The molecule has 0 heterocycles. The smallest absolute Gasteiger partial charge is 1.00 e. The van der Waals surface area contributed by atoms with Gasteiger partial charge in [0.2, 0.25) is 0 Å². The van der Waals surface area contributed by atoms with Crippen LogP contribution < -0.4 is 37.2 Å². The van der Waals surface area contributed by atoms with Crippen LogP contribution >= 0.6 is 0 Å². The van der Waals surface area contributed by atoms with E-state index < -0.39 is 0 Å². The molecule has 2 aliphatic carbocycles. The van der Waals surface area contributed by atoms with E-state index in [0.717, 1.165) is 0 Å². The summed E-state index contributed by atoms with van der Waals surface area (Å²) in [6, 6.07) is 27.9. The van der Waals surface area contributed by atoms with E-state index in [0.29, 0.717) is 27.9 Å². The molecule has 36 heavy (non-hydrogen) atoms. The molecular weight excluding hydrogens is 539 g/mol.